The maximum Gasteiger partial charge on any atom is 0.137 e. The van der Waals surface area contributed by atoms with Crippen LogP contribution in [0.3, 0.4) is 0 Å². The largest absolute Gasteiger partial charge is 0.507 e. The zero-order valence-electron chi connectivity index (χ0n) is 18.2. The maximum atomic E-state index is 12.3. The molecule has 156 valence electrons. The van der Waals surface area contributed by atoms with Crippen LogP contribution in [0.25, 0.3) is 0 Å². The zero-order chi connectivity index (χ0) is 21.7. The van der Waals surface area contributed by atoms with E-state index >= 15 is 0 Å². The quantitative estimate of drug-likeness (QED) is 0.493. The molecular weight excluding hydrogens is 370 g/mol. The molecule has 3 rings (SSSR count). The normalized spacial score (nSPS) is 13.1. The highest BCUT2D eigenvalue weighted by Crippen LogP contribution is 2.38. The third kappa shape index (κ3) is 4.80. The second kappa shape index (κ2) is 9.27. The molecule has 0 saturated carbocycles. The molecule has 3 aromatic carbocycles. The molecule has 0 radical (unpaired) electrons. The van der Waals surface area contributed by atoms with Crippen molar-refractivity contribution >= 4 is 6.21 Å². The van der Waals surface area contributed by atoms with Gasteiger partial charge in [-0.25, -0.2) is 0 Å². The van der Waals surface area contributed by atoms with E-state index in [0.717, 1.165) is 22.3 Å². The van der Waals surface area contributed by atoms with Gasteiger partial charge < -0.3 is 10.2 Å². The summed E-state index contributed by atoms with van der Waals surface area (Å²) in [4.78, 5) is 4.84. The third-order valence-electron chi connectivity index (χ3n) is 5.42. The fraction of sp³-hybridized carbons (Fsp3) is 0.296. The minimum absolute atomic E-state index is 0.180. The lowest BCUT2D eigenvalue weighted by molar-refractivity contribution is 0.0453. The molecule has 0 fully saturated rings. The van der Waals surface area contributed by atoms with Gasteiger partial charge in [-0.2, -0.15) is 0 Å². The van der Waals surface area contributed by atoms with E-state index in [9.17, 15) is 10.2 Å². The monoisotopic (exact) mass is 401 g/mol. The summed E-state index contributed by atoms with van der Waals surface area (Å²) in [5.41, 5.74) is 3.19. The molecule has 0 saturated heterocycles. The number of para-hydroxylation sites is 1. The van der Waals surface area contributed by atoms with Crippen molar-refractivity contribution in [2.24, 2.45) is 10.9 Å². The molecule has 0 aliphatic rings. The topological polar surface area (TPSA) is 52.8 Å². The molecule has 0 aromatic heterocycles. The van der Waals surface area contributed by atoms with Gasteiger partial charge in [-0.3, -0.25) is 4.99 Å². The molecule has 0 bridgehead atoms. The Hall–Kier alpha value is -2.91. The highest BCUT2D eigenvalue weighted by atomic mass is 16.3. The average molecular weight is 402 g/mol. The van der Waals surface area contributed by atoms with Crippen molar-refractivity contribution in [2.75, 3.05) is 0 Å². The molecule has 0 amide bonds. The Balaban J connectivity index is 2.17. The second-order valence-electron chi connectivity index (χ2n) is 8.49. The van der Waals surface area contributed by atoms with E-state index in [2.05, 4.69) is 13.8 Å². The predicted octanol–water partition coefficient (Wildman–Crippen LogP) is 5.78. The first-order valence-corrected chi connectivity index (χ1v) is 10.5. The van der Waals surface area contributed by atoms with E-state index in [4.69, 9.17) is 4.99 Å². The number of benzene rings is 3. The minimum Gasteiger partial charge on any atom is -0.507 e. The summed E-state index contributed by atoms with van der Waals surface area (Å²) in [5, 5.41) is 22.4. The van der Waals surface area contributed by atoms with Crippen molar-refractivity contribution in [3.05, 3.63) is 101 Å². The maximum absolute atomic E-state index is 12.3. The van der Waals surface area contributed by atoms with Crippen molar-refractivity contribution < 1.29 is 10.2 Å². The average Bonchev–Trinajstić information content (AvgIpc) is 2.71. The van der Waals surface area contributed by atoms with Crippen molar-refractivity contribution in [1.82, 2.24) is 0 Å². The predicted molar refractivity (Wildman–Crippen MR) is 124 cm³/mol. The van der Waals surface area contributed by atoms with Gasteiger partial charge in [-0.05, 0) is 49.4 Å². The Morgan fingerprint density at radius 1 is 0.867 bits per heavy atom. The Bertz CT molecular complexity index is 977. The van der Waals surface area contributed by atoms with Crippen LogP contribution < -0.4 is 0 Å². The molecule has 3 heteroatoms. The summed E-state index contributed by atoms with van der Waals surface area (Å²) in [5.74, 6) is 0.511. The lowest BCUT2D eigenvalue weighted by Gasteiger charge is -2.36. The molecule has 1 atom stereocenters. The summed E-state index contributed by atoms with van der Waals surface area (Å²) in [6.07, 6.45) is 2.38. The van der Waals surface area contributed by atoms with Crippen molar-refractivity contribution in [3.63, 3.8) is 0 Å². The van der Waals surface area contributed by atoms with E-state index in [1.165, 1.54) is 0 Å². The van der Waals surface area contributed by atoms with Gasteiger partial charge in [0.2, 0.25) is 0 Å². The number of aliphatic hydroxyl groups is 1. The molecule has 0 aliphatic carbocycles. The summed E-state index contributed by atoms with van der Waals surface area (Å²) in [6, 6.07) is 22.7. The van der Waals surface area contributed by atoms with Crippen molar-refractivity contribution in [2.45, 2.75) is 45.8 Å². The number of hydrogen-bond acceptors (Lipinski definition) is 3. The van der Waals surface area contributed by atoms with Crippen LogP contribution in [0.4, 0.5) is 0 Å². The molecule has 0 aliphatic heterocycles. The van der Waals surface area contributed by atoms with E-state index in [1.807, 2.05) is 74.5 Å². The van der Waals surface area contributed by atoms with Gasteiger partial charge in [0, 0.05) is 11.8 Å². The SMILES string of the molecule is Cc1cccc(C(O)(c2cccc(C)c2)C(CC(C)C)N=Cc2ccccc2O)c1. The van der Waals surface area contributed by atoms with E-state index in [0.29, 0.717) is 17.9 Å². The van der Waals surface area contributed by atoms with Crippen LogP contribution in [0.2, 0.25) is 0 Å². The lowest BCUT2D eigenvalue weighted by Crippen LogP contribution is -2.40. The molecule has 0 heterocycles. The van der Waals surface area contributed by atoms with Gasteiger partial charge in [0.15, 0.2) is 0 Å². The fourth-order valence-corrected chi connectivity index (χ4v) is 3.87. The Kier molecular flexibility index (Phi) is 6.73. The molecule has 0 spiro atoms. The number of rotatable bonds is 7. The molecule has 3 nitrogen and oxygen atoms in total. The molecule has 1 unspecified atom stereocenters. The molecule has 30 heavy (non-hydrogen) atoms. The van der Waals surface area contributed by atoms with Gasteiger partial charge >= 0.3 is 0 Å². The first-order valence-electron chi connectivity index (χ1n) is 10.5. The van der Waals surface area contributed by atoms with Crippen LogP contribution in [0.1, 0.15) is 48.1 Å². The van der Waals surface area contributed by atoms with E-state index in [1.54, 1.807) is 18.3 Å². The standard InChI is InChI=1S/C27H31NO2/c1-19(2)15-26(28-18-22-11-5-6-14-25(22)29)27(30,23-12-7-9-20(3)16-23)24-13-8-10-21(4)17-24/h5-14,16-19,26,29-30H,15H2,1-4H3. The zero-order valence-corrected chi connectivity index (χ0v) is 18.2. The molecule has 2 N–H and O–H groups in total. The Morgan fingerprint density at radius 2 is 1.43 bits per heavy atom. The van der Waals surface area contributed by atoms with Crippen molar-refractivity contribution in [1.29, 1.82) is 0 Å². The van der Waals surface area contributed by atoms with Crippen LogP contribution in [0.5, 0.6) is 5.75 Å². The second-order valence-corrected chi connectivity index (χ2v) is 8.49. The summed E-state index contributed by atoms with van der Waals surface area (Å²) >= 11 is 0. The van der Waals surface area contributed by atoms with Crippen LogP contribution in [0.15, 0.2) is 77.8 Å². The molecular formula is C27H31NO2. The van der Waals surface area contributed by atoms with Gasteiger partial charge in [-0.1, -0.05) is 85.6 Å². The summed E-state index contributed by atoms with van der Waals surface area (Å²) in [7, 11) is 0. The van der Waals surface area contributed by atoms with E-state index in [-0.39, 0.29) is 5.75 Å². The van der Waals surface area contributed by atoms with Gasteiger partial charge in [-0.15, -0.1) is 0 Å². The van der Waals surface area contributed by atoms with Crippen molar-refractivity contribution in [3.8, 4) is 5.75 Å². The third-order valence-corrected chi connectivity index (χ3v) is 5.42. The number of aromatic hydroxyl groups is 1. The molecule has 3 aromatic rings. The van der Waals surface area contributed by atoms with Crippen LogP contribution >= 0.6 is 0 Å². The van der Waals surface area contributed by atoms with Gasteiger partial charge in [0.05, 0.1) is 6.04 Å². The van der Waals surface area contributed by atoms with Crippen LogP contribution in [-0.4, -0.2) is 22.5 Å². The van der Waals surface area contributed by atoms with E-state index < -0.39 is 11.6 Å². The number of aryl methyl sites for hydroxylation is 2. The number of phenols is 1. The van der Waals surface area contributed by atoms with Gasteiger partial charge in [0.25, 0.3) is 0 Å². The lowest BCUT2D eigenvalue weighted by atomic mass is 9.76. The number of aliphatic imine (C=N–C) groups is 1. The van der Waals surface area contributed by atoms with Crippen LogP contribution in [-0.2, 0) is 5.60 Å². The smallest absolute Gasteiger partial charge is 0.137 e. The highest BCUT2D eigenvalue weighted by Gasteiger charge is 2.40. The Morgan fingerprint density at radius 3 is 1.93 bits per heavy atom. The number of hydrogen-bond donors (Lipinski definition) is 2. The number of phenolic OH excluding ortho intramolecular Hbond substituents is 1. The van der Waals surface area contributed by atoms with Crippen LogP contribution in [0, 0.1) is 19.8 Å². The number of nitrogens with zero attached hydrogens (tertiary/aromatic N) is 1. The minimum atomic E-state index is -1.29. The summed E-state index contributed by atoms with van der Waals surface area (Å²) < 4.78 is 0. The first-order chi connectivity index (χ1) is 14.3. The first kappa shape index (κ1) is 21.8. The Labute approximate surface area is 179 Å². The summed E-state index contributed by atoms with van der Waals surface area (Å²) in [6.45, 7) is 8.33. The fourth-order valence-electron chi connectivity index (χ4n) is 3.87. The highest BCUT2D eigenvalue weighted by molar-refractivity contribution is 5.83. The van der Waals surface area contributed by atoms with Gasteiger partial charge in [0.1, 0.15) is 11.4 Å².